The molecule has 0 spiro atoms. The van der Waals surface area contributed by atoms with Crippen LogP contribution >= 0.6 is 0 Å². The lowest BCUT2D eigenvalue weighted by Gasteiger charge is -2.40. The molecule has 0 aliphatic carbocycles. The van der Waals surface area contributed by atoms with Crippen molar-refractivity contribution in [3.8, 4) is 5.75 Å². The van der Waals surface area contributed by atoms with Crippen LogP contribution in [0.15, 0.2) is 36.7 Å². The summed E-state index contributed by atoms with van der Waals surface area (Å²) in [7, 11) is 1.64. The first-order valence-corrected chi connectivity index (χ1v) is 7.21. The number of nitrogens with zero attached hydrogens (tertiary/aromatic N) is 3. The van der Waals surface area contributed by atoms with Gasteiger partial charge in [0.05, 0.1) is 25.5 Å². The smallest absolute Gasteiger partial charge is 0.118 e. The Hall–Kier alpha value is -1.85. The van der Waals surface area contributed by atoms with E-state index in [9.17, 15) is 5.11 Å². The summed E-state index contributed by atoms with van der Waals surface area (Å²) in [6, 6.07) is 8.02. The fourth-order valence-electron chi connectivity index (χ4n) is 2.67. The lowest BCUT2D eigenvalue weighted by atomic mass is 10.0. The summed E-state index contributed by atoms with van der Waals surface area (Å²) in [5, 5.41) is 14.6. The fraction of sp³-hybridized carbons (Fsp3) is 0.438. The average Bonchev–Trinajstić information content (AvgIpc) is 2.88. The van der Waals surface area contributed by atoms with E-state index in [4.69, 9.17) is 4.74 Å². The molecule has 5 nitrogen and oxygen atoms in total. The molecule has 0 radical (unpaired) electrons. The standard InChI is InChI=1S/C16H21N3O2/c1-12-7-17-19(8-12)14-9-18(10-14)11-16(20)13-3-5-15(21-2)6-4-13/h3-8,14,16,20H,9-11H2,1-2H3/t16-/m1/s1. The van der Waals surface area contributed by atoms with Gasteiger partial charge in [-0.25, -0.2) is 0 Å². The molecule has 0 saturated carbocycles. The normalized spacial score (nSPS) is 17.5. The van der Waals surface area contributed by atoms with Crippen molar-refractivity contribution in [1.82, 2.24) is 14.7 Å². The van der Waals surface area contributed by atoms with Crippen LogP contribution in [0.5, 0.6) is 5.75 Å². The average molecular weight is 287 g/mol. The number of hydrogen-bond donors (Lipinski definition) is 1. The highest BCUT2D eigenvalue weighted by atomic mass is 16.5. The number of β-amino-alcohol motifs (C(OH)–C–C–N with tert-alkyl or cyclic N) is 1. The Balaban J connectivity index is 1.51. The number of ether oxygens (including phenoxy) is 1. The van der Waals surface area contributed by atoms with E-state index in [2.05, 4.69) is 16.2 Å². The zero-order valence-corrected chi connectivity index (χ0v) is 12.4. The molecule has 1 atom stereocenters. The molecule has 112 valence electrons. The number of rotatable bonds is 5. The topological polar surface area (TPSA) is 50.5 Å². The minimum Gasteiger partial charge on any atom is -0.497 e. The van der Waals surface area contributed by atoms with Crippen molar-refractivity contribution in [3.63, 3.8) is 0 Å². The van der Waals surface area contributed by atoms with Crippen molar-refractivity contribution in [2.24, 2.45) is 0 Å². The predicted molar refractivity (Wildman–Crippen MR) is 80.4 cm³/mol. The number of aliphatic hydroxyl groups excluding tert-OH is 1. The van der Waals surface area contributed by atoms with Gasteiger partial charge in [-0.1, -0.05) is 12.1 Å². The Morgan fingerprint density at radius 3 is 2.62 bits per heavy atom. The van der Waals surface area contributed by atoms with Gasteiger partial charge in [-0.05, 0) is 30.2 Å². The Kier molecular flexibility index (Phi) is 3.94. The maximum Gasteiger partial charge on any atom is 0.118 e. The Morgan fingerprint density at radius 2 is 2.05 bits per heavy atom. The van der Waals surface area contributed by atoms with Crippen LogP contribution in [0.1, 0.15) is 23.3 Å². The van der Waals surface area contributed by atoms with Crippen LogP contribution in [-0.2, 0) is 0 Å². The summed E-state index contributed by atoms with van der Waals surface area (Å²) in [6.07, 6.45) is 3.49. The molecule has 0 unspecified atom stereocenters. The molecule has 1 aromatic heterocycles. The molecule has 1 aliphatic heterocycles. The Labute approximate surface area is 124 Å². The van der Waals surface area contributed by atoms with Gasteiger partial charge in [0.15, 0.2) is 0 Å². The third-order valence-electron chi connectivity index (χ3n) is 3.97. The van der Waals surface area contributed by atoms with Crippen molar-refractivity contribution in [1.29, 1.82) is 0 Å². The number of benzene rings is 1. The zero-order valence-electron chi connectivity index (χ0n) is 12.4. The van der Waals surface area contributed by atoms with Crippen LogP contribution in [-0.4, -0.2) is 46.5 Å². The van der Waals surface area contributed by atoms with Crippen LogP contribution in [0, 0.1) is 6.92 Å². The van der Waals surface area contributed by atoms with Crippen molar-refractivity contribution in [2.45, 2.75) is 19.1 Å². The van der Waals surface area contributed by atoms with Gasteiger partial charge in [0.2, 0.25) is 0 Å². The maximum absolute atomic E-state index is 10.3. The number of aromatic nitrogens is 2. The van der Waals surface area contributed by atoms with Gasteiger partial charge >= 0.3 is 0 Å². The first kappa shape index (κ1) is 14.1. The van der Waals surface area contributed by atoms with E-state index in [0.29, 0.717) is 12.6 Å². The minimum atomic E-state index is -0.462. The third-order valence-corrected chi connectivity index (χ3v) is 3.97. The summed E-state index contributed by atoms with van der Waals surface area (Å²) in [6.45, 7) is 4.58. The predicted octanol–water partition coefficient (Wildman–Crippen LogP) is 1.79. The van der Waals surface area contributed by atoms with E-state index < -0.39 is 6.10 Å². The second kappa shape index (κ2) is 5.87. The molecular weight excluding hydrogens is 266 g/mol. The molecule has 1 saturated heterocycles. The quantitative estimate of drug-likeness (QED) is 0.911. The first-order valence-electron chi connectivity index (χ1n) is 7.21. The summed E-state index contributed by atoms with van der Waals surface area (Å²) < 4.78 is 7.15. The van der Waals surface area contributed by atoms with E-state index in [1.54, 1.807) is 7.11 Å². The molecule has 21 heavy (non-hydrogen) atoms. The molecule has 1 aliphatic rings. The van der Waals surface area contributed by atoms with Crippen LogP contribution in [0.25, 0.3) is 0 Å². The largest absolute Gasteiger partial charge is 0.497 e. The molecule has 0 amide bonds. The van der Waals surface area contributed by atoms with Gasteiger partial charge in [-0.2, -0.15) is 5.10 Å². The van der Waals surface area contributed by atoms with Gasteiger partial charge in [-0.3, -0.25) is 9.58 Å². The molecule has 0 bridgehead atoms. The Morgan fingerprint density at radius 1 is 1.33 bits per heavy atom. The third kappa shape index (κ3) is 3.09. The minimum absolute atomic E-state index is 0.432. The number of aryl methyl sites for hydroxylation is 1. The van der Waals surface area contributed by atoms with Crippen LogP contribution in [0.2, 0.25) is 0 Å². The van der Waals surface area contributed by atoms with Gasteiger partial charge in [0.25, 0.3) is 0 Å². The van der Waals surface area contributed by atoms with Gasteiger partial charge in [0.1, 0.15) is 5.75 Å². The van der Waals surface area contributed by atoms with Gasteiger partial charge in [0, 0.05) is 25.8 Å². The second-order valence-corrected chi connectivity index (χ2v) is 5.66. The molecule has 1 aromatic carbocycles. The molecule has 2 aromatic rings. The lowest BCUT2D eigenvalue weighted by molar-refractivity contribution is 0.0401. The molecule has 1 N–H and O–H groups in total. The number of likely N-dealkylation sites (tertiary alicyclic amines) is 1. The highest BCUT2D eigenvalue weighted by Crippen LogP contribution is 2.25. The molecule has 3 rings (SSSR count). The summed E-state index contributed by atoms with van der Waals surface area (Å²) in [5.41, 5.74) is 2.11. The highest BCUT2D eigenvalue weighted by molar-refractivity contribution is 5.28. The molecule has 5 heteroatoms. The van der Waals surface area contributed by atoms with E-state index in [0.717, 1.165) is 24.4 Å². The SMILES string of the molecule is COc1ccc([C@H](O)CN2CC(n3cc(C)cn3)C2)cc1. The van der Waals surface area contributed by atoms with Crippen LogP contribution < -0.4 is 4.74 Å². The van der Waals surface area contributed by atoms with Crippen LogP contribution in [0.4, 0.5) is 0 Å². The number of hydrogen-bond acceptors (Lipinski definition) is 4. The molecular formula is C16H21N3O2. The van der Waals surface area contributed by atoms with E-state index >= 15 is 0 Å². The molecule has 2 heterocycles. The number of methoxy groups -OCH3 is 1. The fourth-order valence-corrected chi connectivity index (χ4v) is 2.67. The van der Waals surface area contributed by atoms with E-state index in [1.165, 1.54) is 5.56 Å². The van der Waals surface area contributed by atoms with Gasteiger partial charge in [-0.15, -0.1) is 0 Å². The second-order valence-electron chi connectivity index (χ2n) is 5.66. The van der Waals surface area contributed by atoms with Crippen molar-refractivity contribution >= 4 is 0 Å². The lowest BCUT2D eigenvalue weighted by Crippen LogP contribution is -2.49. The van der Waals surface area contributed by atoms with Gasteiger partial charge < -0.3 is 9.84 Å². The van der Waals surface area contributed by atoms with Crippen molar-refractivity contribution in [3.05, 3.63) is 47.8 Å². The zero-order chi connectivity index (χ0) is 14.8. The van der Waals surface area contributed by atoms with Crippen molar-refractivity contribution < 1.29 is 9.84 Å². The van der Waals surface area contributed by atoms with Crippen LogP contribution in [0.3, 0.4) is 0 Å². The molecule has 1 fully saturated rings. The summed E-state index contributed by atoms with van der Waals surface area (Å²) in [4.78, 5) is 2.25. The first-order chi connectivity index (χ1) is 10.2. The monoisotopic (exact) mass is 287 g/mol. The maximum atomic E-state index is 10.3. The summed E-state index contributed by atoms with van der Waals surface area (Å²) >= 11 is 0. The summed E-state index contributed by atoms with van der Waals surface area (Å²) in [5.74, 6) is 0.809. The van der Waals surface area contributed by atoms with Crippen molar-refractivity contribution in [2.75, 3.05) is 26.7 Å². The van der Waals surface area contributed by atoms with E-state index in [-0.39, 0.29) is 0 Å². The Bertz CT molecular complexity index is 588. The number of aliphatic hydroxyl groups is 1. The van der Waals surface area contributed by atoms with E-state index in [1.807, 2.05) is 42.1 Å². The highest BCUT2D eigenvalue weighted by Gasteiger charge is 2.30.